The zero-order chi connectivity index (χ0) is 17.9. The number of nitrogens with one attached hydrogen (secondary N) is 2. The Morgan fingerprint density at radius 1 is 1.32 bits per heavy atom. The highest BCUT2D eigenvalue weighted by molar-refractivity contribution is 5.79. The second-order valence-corrected chi connectivity index (χ2v) is 5.92. The topological polar surface area (TPSA) is 64.1 Å². The van der Waals surface area contributed by atoms with Gasteiger partial charge in [0.2, 0.25) is 0 Å². The fraction of sp³-hybridized carbons (Fsp3) is 0.526. The lowest BCUT2D eigenvalue weighted by Crippen LogP contribution is -2.42. The number of hydrogen-bond acceptors (Lipinski definition) is 4. The number of nitrogens with zero attached hydrogens (tertiary/aromatic N) is 1. The summed E-state index contributed by atoms with van der Waals surface area (Å²) in [7, 11) is 3.42. The summed E-state index contributed by atoms with van der Waals surface area (Å²) in [5.41, 5.74) is 1.45. The maximum atomic E-state index is 5.90. The van der Waals surface area contributed by atoms with Crippen LogP contribution in [0.15, 0.2) is 40.9 Å². The van der Waals surface area contributed by atoms with Gasteiger partial charge in [0.05, 0.1) is 26.9 Å². The lowest BCUT2D eigenvalue weighted by Gasteiger charge is -2.19. The van der Waals surface area contributed by atoms with Crippen molar-refractivity contribution in [3.63, 3.8) is 0 Å². The summed E-state index contributed by atoms with van der Waals surface area (Å²) in [5.74, 6) is 2.37. The van der Waals surface area contributed by atoms with Crippen LogP contribution < -0.4 is 20.1 Å². The summed E-state index contributed by atoms with van der Waals surface area (Å²) in [5, 5.41) is 6.63. The van der Waals surface area contributed by atoms with E-state index in [0.29, 0.717) is 6.54 Å². The SMILES string of the molecule is CN=C(NCCC1=CCOCC1)NCC(C)Oc1cccc(OC)c1. The van der Waals surface area contributed by atoms with E-state index in [1.54, 1.807) is 14.2 Å². The number of guanidine groups is 1. The normalized spacial score (nSPS) is 16.0. The summed E-state index contributed by atoms with van der Waals surface area (Å²) < 4.78 is 16.4. The standard InChI is InChI=1S/C19H29N3O3/c1-15(25-18-6-4-5-17(13-18)23-3)14-22-19(20-2)21-10-7-16-8-11-24-12-9-16/h4-6,8,13,15H,7,9-12,14H2,1-3H3,(H2,20,21,22). The molecule has 1 atom stereocenters. The number of hydrogen-bond donors (Lipinski definition) is 2. The summed E-state index contributed by atoms with van der Waals surface area (Å²) in [6.45, 7) is 5.11. The van der Waals surface area contributed by atoms with Crippen molar-refractivity contribution >= 4 is 5.96 Å². The molecule has 0 spiro atoms. The quantitative estimate of drug-likeness (QED) is 0.429. The highest BCUT2D eigenvalue weighted by Crippen LogP contribution is 2.19. The van der Waals surface area contributed by atoms with E-state index in [1.807, 2.05) is 31.2 Å². The fourth-order valence-electron chi connectivity index (χ4n) is 2.54. The molecule has 1 aliphatic rings. The van der Waals surface area contributed by atoms with Gasteiger partial charge in [-0.3, -0.25) is 4.99 Å². The molecule has 138 valence electrons. The summed E-state index contributed by atoms with van der Waals surface area (Å²) in [6.07, 6.45) is 4.22. The zero-order valence-corrected chi connectivity index (χ0v) is 15.4. The van der Waals surface area contributed by atoms with Crippen LogP contribution in [-0.4, -0.2) is 52.5 Å². The zero-order valence-electron chi connectivity index (χ0n) is 15.4. The van der Waals surface area contributed by atoms with Crippen LogP contribution in [0.4, 0.5) is 0 Å². The van der Waals surface area contributed by atoms with Crippen molar-refractivity contribution in [2.24, 2.45) is 4.99 Å². The molecule has 6 nitrogen and oxygen atoms in total. The Bertz CT molecular complexity index is 587. The number of methoxy groups -OCH3 is 1. The van der Waals surface area contributed by atoms with Gasteiger partial charge in [-0.05, 0) is 31.9 Å². The fourth-order valence-corrected chi connectivity index (χ4v) is 2.54. The van der Waals surface area contributed by atoms with Gasteiger partial charge in [-0.25, -0.2) is 0 Å². The van der Waals surface area contributed by atoms with E-state index in [9.17, 15) is 0 Å². The predicted molar refractivity (Wildman–Crippen MR) is 101 cm³/mol. The molecule has 1 aliphatic heterocycles. The van der Waals surface area contributed by atoms with E-state index < -0.39 is 0 Å². The Hall–Kier alpha value is -2.21. The minimum Gasteiger partial charge on any atom is -0.497 e. The van der Waals surface area contributed by atoms with Crippen LogP contribution in [0.1, 0.15) is 19.8 Å². The van der Waals surface area contributed by atoms with Gasteiger partial charge >= 0.3 is 0 Å². The molecule has 0 radical (unpaired) electrons. The van der Waals surface area contributed by atoms with Crippen LogP contribution in [0, 0.1) is 0 Å². The molecule has 1 aromatic rings. The third kappa shape index (κ3) is 7.05. The molecule has 0 aromatic heterocycles. The van der Waals surface area contributed by atoms with Crippen molar-refractivity contribution in [1.82, 2.24) is 10.6 Å². The van der Waals surface area contributed by atoms with E-state index in [1.165, 1.54) is 5.57 Å². The van der Waals surface area contributed by atoms with Gasteiger partial charge in [-0.2, -0.15) is 0 Å². The van der Waals surface area contributed by atoms with Crippen LogP contribution in [0.2, 0.25) is 0 Å². The number of ether oxygens (including phenoxy) is 3. The van der Waals surface area contributed by atoms with E-state index in [4.69, 9.17) is 14.2 Å². The van der Waals surface area contributed by atoms with Gasteiger partial charge < -0.3 is 24.8 Å². The van der Waals surface area contributed by atoms with Gasteiger partial charge in [0.1, 0.15) is 17.6 Å². The Morgan fingerprint density at radius 3 is 2.88 bits per heavy atom. The minimum atomic E-state index is 0.00357. The van der Waals surface area contributed by atoms with E-state index in [-0.39, 0.29) is 6.10 Å². The van der Waals surface area contributed by atoms with Crippen molar-refractivity contribution in [3.8, 4) is 11.5 Å². The molecule has 6 heteroatoms. The molecule has 1 heterocycles. The highest BCUT2D eigenvalue weighted by atomic mass is 16.5. The third-order valence-corrected chi connectivity index (χ3v) is 3.95. The molecule has 2 N–H and O–H groups in total. The summed E-state index contributed by atoms with van der Waals surface area (Å²) in [4.78, 5) is 4.25. The number of benzene rings is 1. The average Bonchev–Trinajstić information content (AvgIpc) is 2.65. The Kier molecular flexibility index (Phi) is 8.12. The number of rotatable bonds is 8. The van der Waals surface area contributed by atoms with E-state index in [0.717, 1.165) is 50.1 Å². The van der Waals surface area contributed by atoms with Gasteiger partial charge in [-0.15, -0.1) is 0 Å². The molecule has 0 saturated heterocycles. The van der Waals surface area contributed by atoms with Gasteiger partial charge in [-0.1, -0.05) is 17.7 Å². The largest absolute Gasteiger partial charge is 0.497 e. The molecule has 0 bridgehead atoms. The van der Waals surface area contributed by atoms with Gasteiger partial charge in [0, 0.05) is 19.7 Å². The molecule has 2 rings (SSSR count). The van der Waals surface area contributed by atoms with E-state index >= 15 is 0 Å². The maximum Gasteiger partial charge on any atom is 0.191 e. The second-order valence-electron chi connectivity index (χ2n) is 5.92. The molecule has 0 fully saturated rings. The molecule has 1 aromatic carbocycles. The summed E-state index contributed by atoms with van der Waals surface area (Å²) >= 11 is 0. The first-order valence-electron chi connectivity index (χ1n) is 8.72. The lowest BCUT2D eigenvalue weighted by molar-refractivity contribution is 0.153. The molecular weight excluding hydrogens is 318 g/mol. The van der Waals surface area contributed by atoms with Crippen molar-refractivity contribution in [1.29, 1.82) is 0 Å². The first kappa shape index (κ1) is 19.1. The Balaban J connectivity index is 1.69. The van der Waals surface area contributed by atoms with Crippen LogP contribution in [-0.2, 0) is 4.74 Å². The average molecular weight is 347 g/mol. The lowest BCUT2D eigenvalue weighted by atomic mass is 10.1. The molecule has 0 aliphatic carbocycles. The smallest absolute Gasteiger partial charge is 0.191 e. The maximum absolute atomic E-state index is 5.90. The van der Waals surface area contributed by atoms with Crippen LogP contribution in [0.3, 0.4) is 0 Å². The van der Waals surface area contributed by atoms with Crippen LogP contribution >= 0.6 is 0 Å². The summed E-state index contributed by atoms with van der Waals surface area (Å²) in [6, 6.07) is 7.62. The minimum absolute atomic E-state index is 0.00357. The third-order valence-electron chi connectivity index (χ3n) is 3.95. The van der Waals surface area contributed by atoms with Gasteiger partial charge in [0.15, 0.2) is 5.96 Å². The first-order valence-corrected chi connectivity index (χ1v) is 8.72. The molecule has 0 amide bonds. The highest BCUT2D eigenvalue weighted by Gasteiger charge is 2.07. The van der Waals surface area contributed by atoms with Crippen molar-refractivity contribution in [2.45, 2.75) is 25.9 Å². The second kappa shape index (κ2) is 10.6. The van der Waals surface area contributed by atoms with Crippen LogP contribution in [0.5, 0.6) is 11.5 Å². The van der Waals surface area contributed by atoms with E-state index in [2.05, 4.69) is 21.7 Å². The van der Waals surface area contributed by atoms with Crippen molar-refractivity contribution in [2.75, 3.05) is 40.5 Å². The predicted octanol–water partition coefficient (Wildman–Crippen LogP) is 2.36. The number of aliphatic imine (C=N–C) groups is 1. The molecular formula is C19H29N3O3. The Morgan fingerprint density at radius 2 is 2.16 bits per heavy atom. The monoisotopic (exact) mass is 347 g/mol. The first-order chi connectivity index (χ1) is 12.2. The van der Waals surface area contributed by atoms with Gasteiger partial charge in [0.25, 0.3) is 0 Å². The molecule has 25 heavy (non-hydrogen) atoms. The van der Waals surface area contributed by atoms with Crippen molar-refractivity contribution < 1.29 is 14.2 Å². The Labute approximate surface area is 150 Å². The van der Waals surface area contributed by atoms with Crippen LogP contribution in [0.25, 0.3) is 0 Å². The van der Waals surface area contributed by atoms with Crippen molar-refractivity contribution in [3.05, 3.63) is 35.9 Å². The molecule has 1 unspecified atom stereocenters. The molecule has 0 saturated carbocycles.